The molecule has 0 saturated heterocycles. The Labute approximate surface area is 91.2 Å². The molecule has 0 amide bonds. The number of aliphatic hydroxyl groups is 2. The Morgan fingerprint density at radius 2 is 2.21 bits per heavy atom. The lowest BCUT2D eigenvalue weighted by atomic mass is 10.1. The molecule has 2 unspecified atom stereocenters. The molecule has 4 nitrogen and oxygen atoms in total. The van der Waals surface area contributed by atoms with E-state index in [0.29, 0.717) is 11.8 Å². The second-order valence-electron chi connectivity index (χ2n) is 3.05. The molecule has 1 aromatic rings. The first kappa shape index (κ1) is 11.6. The highest BCUT2D eigenvalue weighted by atomic mass is 79.9. The largest absolute Gasteiger partial charge is 0.390 e. The second kappa shape index (κ2) is 5.38. The Balaban J connectivity index is 2.73. The summed E-state index contributed by atoms with van der Waals surface area (Å²) < 4.78 is 0. The summed E-state index contributed by atoms with van der Waals surface area (Å²) in [6.07, 6.45) is 0.212. The first-order valence-electron chi connectivity index (χ1n) is 4.36. The number of nitrogens with zero attached hydrogens (tertiary/aromatic N) is 2. The van der Waals surface area contributed by atoms with Gasteiger partial charge in [-0.2, -0.15) is 0 Å². The first-order chi connectivity index (χ1) is 6.65. The van der Waals surface area contributed by atoms with Crippen LogP contribution >= 0.6 is 15.9 Å². The standard InChI is InChI=1S/C9H13BrN2O2/c1-6-3-5-11-9(12-6)8(14)7(13)2-4-10/h3,5,7-8,13-14H,2,4H2,1H3. The molecule has 0 saturated carbocycles. The average Bonchev–Trinajstić information content (AvgIpc) is 2.17. The molecular weight excluding hydrogens is 248 g/mol. The van der Waals surface area contributed by atoms with E-state index in [2.05, 4.69) is 25.9 Å². The topological polar surface area (TPSA) is 66.2 Å². The Morgan fingerprint density at radius 1 is 1.50 bits per heavy atom. The minimum absolute atomic E-state index is 0.276. The Bertz CT molecular complexity index is 296. The fraction of sp³-hybridized carbons (Fsp3) is 0.556. The van der Waals surface area contributed by atoms with Gasteiger partial charge in [0.15, 0.2) is 5.82 Å². The van der Waals surface area contributed by atoms with Crippen molar-refractivity contribution in [1.29, 1.82) is 0 Å². The summed E-state index contributed by atoms with van der Waals surface area (Å²) in [7, 11) is 0. The minimum atomic E-state index is -1.01. The van der Waals surface area contributed by atoms with Crippen LogP contribution in [-0.2, 0) is 0 Å². The van der Waals surface area contributed by atoms with Crippen LogP contribution in [0.4, 0.5) is 0 Å². The number of halogens is 1. The summed E-state index contributed by atoms with van der Waals surface area (Å²) in [6, 6.07) is 1.74. The number of aliphatic hydroxyl groups excluding tert-OH is 2. The maximum Gasteiger partial charge on any atom is 0.159 e. The van der Waals surface area contributed by atoms with Gasteiger partial charge in [-0.05, 0) is 19.4 Å². The van der Waals surface area contributed by atoms with Gasteiger partial charge in [-0.15, -0.1) is 0 Å². The molecule has 0 aliphatic carbocycles. The molecule has 0 spiro atoms. The second-order valence-corrected chi connectivity index (χ2v) is 3.84. The van der Waals surface area contributed by atoms with E-state index in [1.165, 1.54) is 0 Å². The van der Waals surface area contributed by atoms with E-state index in [-0.39, 0.29) is 5.82 Å². The molecule has 0 aliphatic heterocycles. The zero-order chi connectivity index (χ0) is 10.6. The number of rotatable bonds is 4. The third-order valence-electron chi connectivity index (χ3n) is 1.85. The molecule has 2 N–H and O–H groups in total. The number of hydrogen-bond donors (Lipinski definition) is 2. The third-order valence-corrected chi connectivity index (χ3v) is 2.31. The molecule has 14 heavy (non-hydrogen) atoms. The van der Waals surface area contributed by atoms with Crippen molar-refractivity contribution >= 4 is 15.9 Å². The van der Waals surface area contributed by atoms with E-state index >= 15 is 0 Å². The third kappa shape index (κ3) is 3.01. The van der Waals surface area contributed by atoms with Gasteiger partial charge < -0.3 is 10.2 Å². The van der Waals surface area contributed by atoms with Crippen molar-refractivity contribution in [3.63, 3.8) is 0 Å². The maximum absolute atomic E-state index is 9.65. The summed E-state index contributed by atoms with van der Waals surface area (Å²) in [5, 5.41) is 19.8. The van der Waals surface area contributed by atoms with Gasteiger partial charge in [0.1, 0.15) is 6.10 Å². The van der Waals surface area contributed by atoms with E-state index in [1.807, 2.05) is 6.92 Å². The van der Waals surface area contributed by atoms with Gasteiger partial charge in [0.2, 0.25) is 0 Å². The Morgan fingerprint density at radius 3 is 2.79 bits per heavy atom. The number of aromatic nitrogens is 2. The normalized spacial score (nSPS) is 15.1. The molecule has 2 atom stereocenters. The number of alkyl halides is 1. The predicted molar refractivity (Wildman–Crippen MR) is 56.1 cm³/mol. The lowest BCUT2D eigenvalue weighted by molar-refractivity contribution is 0.0119. The summed E-state index contributed by atoms with van der Waals surface area (Å²) in [5.41, 5.74) is 0.778. The van der Waals surface area contributed by atoms with Crippen molar-refractivity contribution < 1.29 is 10.2 Å². The van der Waals surface area contributed by atoms with E-state index in [0.717, 1.165) is 5.69 Å². The number of aryl methyl sites for hydroxylation is 1. The quantitative estimate of drug-likeness (QED) is 0.792. The van der Waals surface area contributed by atoms with Crippen molar-refractivity contribution in [2.24, 2.45) is 0 Å². The molecule has 0 radical (unpaired) electrons. The lowest BCUT2D eigenvalue weighted by Crippen LogP contribution is -2.20. The summed E-state index contributed by atoms with van der Waals surface area (Å²) in [4.78, 5) is 7.95. The molecule has 1 heterocycles. The highest BCUT2D eigenvalue weighted by molar-refractivity contribution is 9.09. The van der Waals surface area contributed by atoms with Crippen LogP contribution in [0.2, 0.25) is 0 Å². The van der Waals surface area contributed by atoms with Crippen LogP contribution in [0, 0.1) is 6.92 Å². The van der Waals surface area contributed by atoms with E-state index in [4.69, 9.17) is 0 Å². The zero-order valence-corrected chi connectivity index (χ0v) is 9.48. The molecule has 0 aliphatic rings. The van der Waals surface area contributed by atoms with Crippen LogP contribution in [0.5, 0.6) is 0 Å². The van der Waals surface area contributed by atoms with Gasteiger partial charge in [-0.25, -0.2) is 9.97 Å². The summed E-state index contributed by atoms with van der Waals surface area (Å²) in [6.45, 7) is 1.81. The van der Waals surface area contributed by atoms with Crippen molar-refractivity contribution in [1.82, 2.24) is 9.97 Å². The molecule has 1 rings (SSSR count). The molecule has 0 aromatic carbocycles. The Hall–Kier alpha value is -0.520. The van der Waals surface area contributed by atoms with Crippen LogP contribution in [0.1, 0.15) is 24.0 Å². The molecule has 0 bridgehead atoms. The SMILES string of the molecule is Cc1ccnc(C(O)C(O)CCBr)n1. The predicted octanol–water partition coefficient (Wildman–Crippen LogP) is 0.964. The van der Waals surface area contributed by atoms with E-state index in [1.54, 1.807) is 12.3 Å². The van der Waals surface area contributed by atoms with Gasteiger partial charge in [-0.3, -0.25) is 0 Å². The van der Waals surface area contributed by atoms with Gasteiger partial charge >= 0.3 is 0 Å². The van der Waals surface area contributed by atoms with Crippen LogP contribution in [0.25, 0.3) is 0 Å². The van der Waals surface area contributed by atoms with E-state index in [9.17, 15) is 10.2 Å². The van der Waals surface area contributed by atoms with Gasteiger partial charge in [0, 0.05) is 17.2 Å². The molecule has 0 fully saturated rings. The van der Waals surface area contributed by atoms with Crippen LogP contribution < -0.4 is 0 Å². The van der Waals surface area contributed by atoms with Crippen molar-refractivity contribution in [2.75, 3.05) is 5.33 Å². The zero-order valence-electron chi connectivity index (χ0n) is 7.89. The van der Waals surface area contributed by atoms with Crippen molar-refractivity contribution in [3.05, 3.63) is 23.8 Å². The summed E-state index contributed by atoms with van der Waals surface area (Å²) in [5.74, 6) is 0.276. The maximum atomic E-state index is 9.65. The smallest absolute Gasteiger partial charge is 0.159 e. The molecule has 78 valence electrons. The molecule has 1 aromatic heterocycles. The monoisotopic (exact) mass is 260 g/mol. The van der Waals surface area contributed by atoms with Gasteiger partial charge in [-0.1, -0.05) is 15.9 Å². The Kier molecular flexibility index (Phi) is 4.44. The minimum Gasteiger partial charge on any atom is -0.390 e. The molecular formula is C9H13BrN2O2. The van der Waals surface area contributed by atoms with Crippen LogP contribution in [-0.4, -0.2) is 31.6 Å². The fourth-order valence-corrected chi connectivity index (χ4v) is 1.52. The summed E-state index contributed by atoms with van der Waals surface area (Å²) >= 11 is 3.19. The number of hydrogen-bond acceptors (Lipinski definition) is 4. The highest BCUT2D eigenvalue weighted by Gasteiger charge is 2.20. The van der Waals surface area contributed by atoms with Gasteiger partial charge in [0.25, 0.3) is 0 Å². The highest BCUT2D eigenvalue weighted by Crippen LogP contribution is 2.15. The van der Waals surface area contributed by atoms with Gasteiger partial charge in [0.05, 0.1) is 6.10 Å². The van der Waals surface area contributed by atoms with Crippen molar-refractivity contribution in [3.8, 4) is 0 Å². The van der Waals surface area contributed by atoms with Crippen LogP contribution in [0.15, 0.2) is 12.3 Å². The fourth-order valence-electron chi connectivity index (χ4n) is 1.05. The lowest BCUT2D eigenvalue weighted by Gasteiger charge is -2.15. The average molecular weight is 261 g/mol. The van der Waals surface area contributed by atoms with Crippen LogP contribution in [0.3, 0.4) is 0 Å². The first-order valence-corrected chi connectivity index (χ1v) is 5.49. The molecule has 5 heteroatoms. The van der Waals surface area contributed by atoms with Crippen molar-refractivity contribution in [2.45, 2.75) is 25.6 Å². The van der Waals surface area contributed by atoms with E-state index < -0.39 is 12.2 Å².